The number of unbranched alkanes of at least 4 members (excludes halogenated alkanes) is 1. The number of carbonyl (C=O) groups excluding carboxylic acids is 1. The molecule has 0 N–H and O–H groups in total. The summed E-state index contributed by atoms with van der Waals surface area (Å²) in [6.45, 7) is 3.80. The summed E-state index contributed by atoms with van der Waals surface area (Å²) in [6.07, 6.45) is 4.31. The first-order valence-electron chi connectivity index (χ1n) is 3.56. The van der Waals surface area contributed by atoms with E-state index in [-0.39, 0.29) is 26.7 Å². The molecule has 1 nitrogen and oxygen atoms in total. The fraction of sp³-hybridized carbons (Fsp3) is 0.625. The van der Waals surface area contributed by atoms with E-state index < -0.39 is 0 Å². The summed E-state index contributed by atoms with van der Waals surface area (Å²) in [5.41, 5.74) is 0. The standard InChI is InChI=1S/C8H14OTe/c1-3-4-6-10-7-5-8(2)9/h5,7H,3-4,6H2,1-2H3/b7-5-. The summed E-state index contributed by atoms with van der Waals surface area (Å²) in [4.78, 5) is 10.4. The second kappa shape index (κ2) is 7.31. The first-order valence-corrected chi connectivity index (χ1v) is 6.55. The molecular weight excluding hydrogens is 240 g/mol. The van der Waals surface area contributed by atoms with Crippen molar-refractivity contribution in [3.63, 3.8) is 0 Å². The molecule has 0 fully saturated rings. The number of carbonyl (C=O) groups is 1. The molecular formula is C8H14OTe. The molecule has 0 saturated heterocycles. The van der Waals surface area contributed by atoms with Gasteiger partial charge in [0.25, 0.3) is 0 Å². The quantitative estimate of drug-likeness (QED) is 0.416. The summed E-state index contributed by atoms with van der Waals surface area (Å²) < 4.78 is 3.42. The Morgan fingerprint density at radius 2 is 2.30 bits per heavy atom. The van der Waals surface area contributed by atoms with Gasteiger partial charge in [0.1, 0.15) is 0 Å². The Hall–Kier alpha value is 0.200. The van der Waals surface area contributed by atoms with Gasteiger partial charge in [0.2, 0.25) is 0 Å². The maximum absolute atomic E-state index is 10.4. The van der Waals surface area contributed by atoms with E-state index in [1.54, 1.807) is 13.0 Å². The number of rotatable bonds is 5. The Morgan fingerprint density at radius 1 is 1.60 bits per heavy atom. The van der Waals surface area contributed by atoms with Crippen molar-refractivity contribution in [2.24, 2.45) is 0 Å². The van der Waals surface area contributed by atoms with E-state index in [1.807, 2.05) is 0 Å². The van der Waals surface area contributed by atoms with Crippen molar-refractivity contribution in [1.29, 1.82) is 0 Å². The summed E-state index contributed by atoms with van der Waals surface area (Å²) in [5, 5.41) is 0. The molecule has 0 spiro atoms. The number of hydrogen-bond acceptors (Lipinski definition) is 1. The van der Waals surface area contributed by atoms with E-state index in [2.05, 4.69) is 11.0 Å². The molecule has 0 rings (SSSR count). The zero-order chi connectivity index (χ0) is 7.82. The summed E-state index contributed by atoms with van der Waals surface area (Å²) in [5.74, 6) is 0.182. The van der Waals surface area contributed by atoms with Crippen LogP contribution in [0.4, 0.5) is 0 Å². The maximum atomic E-state index is 10.4. The number of hydrogen-bond donors (Lipinski definition) is 0. The molecule has 0 unspecified atom stereocenters. The van der Waals surface area contributed by atoms with Crippen molar-refractivity contribution in [2.45, 2.75) is 31.2 Å². The van der Waals surface area contributed by atoms with Crippen molar-refractivity contribution in [1.82, 2.24) is 0 Å². The van der Waals surface area contributed by atoms with Gasteiger partial charge in [0.05, 0.1) is 0 Å². The van der Waals surface area contributed by atoms with Gasteiger partial charge >= 0.3 is 72.9 Å². The van der Waals surface area contributed by atoms with E-state index in [0.717, 1.165) is 0 Å². The second-order valence-electron chi connectivity index (χ2n) is 2.14. The van der Waals surface area contributed by atoms with Crippen molar-refractivity contribution >= 4 is 26.7 Å². The van der Waals surface area contributed by atoms with E-state index in [0.29, 0.717) is 0 Å². The minimum absolute atomic E-state index is 0.0261. The van der Waals surface area contributed by atoms with Gasteiger partial charge in [0.15, 0.2) is 0 Å². The molecule has 58 valence electrons. The molecule has 0 saturated carbocycles. The molecule has 0 aliphatic rings. The van der Waals surface area contributed by atoms with Crippen LogP contribution in [0.5, 0.6) is 0 Å². The van der Waals surface area contributed by atoms with Crippen molar-refractivity contribution in [3.05, 3.63) is 10.2 Å². The van der Waals surface area contributed by atoms with Crippen LogP contribution in [0.3, 0.4) is 0 Å². The predicted molar refractivity (Wildman–Crippen MR) is 45.3 cm³/mol. The van der Waals surface area contributed by atoms with E-state index in [4.69, 9.17) is 0 Å². The van der Waals surface area contributed by atoms with Crippen LogP contribution in [0.1, 0.15) is 26.7 Å². The Kier molecular flexibility index (Phi) is 7.45. The third-order valence-corrected chi connectivity index (χ3v) is 3.45. The van der Waals surface area contributed by atoms with E-state index >= 15 is 0 Å². The van der Waals surface area contributed by atoms with Gasteiger partial charge in [-0.3, -0.25) is 0 Å². The van der Waals surface area contributed by atoms with Gasteiger partial charge in [-0.25, -0.2) is 0 Å². The molecule has 10 heavy (non-hydrogen) atoms. The van der Waals surface area contributed by atoms with Crippen LogP contribution in [-0.4, -0.2) is 26.7 Å². The van der Waals surface area contributed by atoms with Crippen LogP contribution in [0.25, 0.3) is 0 Å². The molecule has 0 aromatic rings. The fourth-order valence-electron chi connectivity index (χ4n) is 0.440. The molecule has 0 amide bonds. The topological polar surface area (TPSA) is 17.1 Å². The van der Waals surface area contributed by atoms with Crippen LogP contribution in [-0.2, 0) is 4.79 Å². The molecule has 0 aliphatic carbocycles. The van der Waals surface area contributed by atoms with E-state index in [9.17, 15) is 4.79 Å². The fourth-order valence-corrected chi connectivity index (χ4v) is 2.95. The van der Waals surface area contributed by atoms with Crippen LogP contribution in [0.2, 0.25) is 4.47 Å². The summed E-state index contributed by atoms with van der Waals surface area (Å²) in [7, 11) is 0. The number of ketones is 1. The van der Waals surface area contributed by atoms with Gasteiger partial charge in [-0.05, 0) is 0 Å². The third kappa shape index (κ3) is 8.20. The number of allylic oxidation sites excluding steroid dienone is 1. The Morgan fingerprint density at radius 3 is 2.80 bits per heavy atom. The van der Waals surface area contributed by atoms with E-state index in [1.165, 1.54) is 17.3 Å². The SMILES string of the molecule is CCCC[Te]/C=C\C(C)=O. The third-order valence-electron chi connectivity index (χ3n) is 1.01. The monoisotopic (exact) mass is 256 g/mol. The van der Waals surface area contributed by atoms with Gasteiger partial charge in [-0.1, -0.05) is 0 Å². The van der Waals surface area contributed by atoms with Crippen LogP contribution >= 0.6 is 0 Å². The average molecular weight is 254 g/mol. The van der Waals surface area contributed by atoms with Gasteiger partial charge in [-0.2, -0.15) is 0 Å². The Balaban J connectivity index is 3.10. The first-order chi connectivity index (χ1) is 4.77. The normalized spacial score (nSPS) is 10.6. The van der Waals surface area contributed by atoms with Gasteiger partial charge < -0.3 is 0 Å². The van der Waals surface area contributed by atoms with Crippen molar-refractivity contribution in [2.75, 3.05) is 0 Å². The summed E-state index contributed by atoms with van der Waals surface area (Å²) >= 11 is 0.0261. The molecule has 0 aliphatic heterocycles. The molecule has 0 bridgehead atoms. The first kappa shape index (κ1) is 10.2. The second-order valence-corrected chi connectivity index (χ2v) is 5.03. The molecule has 0 aromatic carbocycles. The minimum atomic E-state index is 0.0261. The molecule has 0 atom stereocenters. The summed E-state index contributed by atoms with van der Waals surface area (Å²) in [6, 6.07) is 0. The average Bonchev–Trinajstić information content (AvgIpc) is 1.87. The van der Waals surface area contributed by atoms with Crippen LogP contribution < -0.4 is 0 Å². The molecule has 0 radical (unpaired) electrons. The zero-order valence-electron chi connectivity index (χ0n) is 6.59. The van der Waals surface area contributed by atoms with Crippen molar-refractivity contribution in [3.8, 4) is 0 Å². The van der Waals surface area contributed by atoms with Crippen LogP contribution in [0, 0.1) is 0 Å². The Bertz CT molecular complexity index is 118. The van der Waals surface area contributed by atoms with Gasteiger partial charge in [-0.15, -0.1) is 0 Å². The molecule has 2 heteroatoms. The molecule has 0 heterocycles. The van der Waals surface area contributed by atoms with Gasteiger partial charge in [0, 0.05) is 0 Å². The predicted octanol–water partition coefficient (Wildman–Crippen LogP) is 2.01. The molecule has 0 aromatic heterocycles. The Labute approximate surface area is 73.0 Å². The van der Waals surface area contributed by atoms with Crippen molar-refractivity contribution < 1.29 is 4.79 Å². The van der Waals surface area contributed by atoms with Crippen LogP contribution in [0.15, 0.2) is 10.2 Å². The zero-order valence-corrected chi connectivity index (χ0v) is 8.92.